The molecule has 0 radical (unpaired) electrons. The number of ether oxygens (including phenoxy) is 1. The second kappa shape index (κ2) is 16.0. The van der Waals surface area contributed by atoms with Crippen LogP contribution in [0.25, 0.3) is 0 Å². The number of hydrogen-bond donors (Lipinski definition) is 3. The van der Waals surface area contributed by atoms with Gasteiger partial charge in [0.2, 0.25) is 11.8 Å². The summed E-state index contributed by atoms with van der Waals surface area (Å²) in [6.07, 6.45) is 3.86. The fourth-order valence-corrected chi connectivity index (χ4v) is 4.50. The second-order valence-electron chi connectivity index (χ2n) is 11.7. The summed E-state index contributed by atoms with van der Waals surface area (Å²) in [5, 5.41) is 15.6. The summed E-state index contributed by atoms with van der Waals surface area (Å²) < 4.78 is 5.49. The molecule has 2 atom stereocenters. The van der Waals surface area contributed by atoms with Crippen molar-refractivity contribution in [3.05, 3.63) is 64.7 Å². The standard InChI is InChI=1S/C33H49N3O5/c1-8-10-12-19-34-30(38)29(26-16-13-23(3)24(4)21-26)36(20-11-9-2)31(39)28(35-32(40)41-33(5,6)7)22-25-14-17-27(37)18-15-25/h13-18,21,28-29,37H,8-12,19-20,22H2,1-7H3,(H,34,38)(H,35,40). The number of benzene rings is 2. The molecule has 0 aliphatic heterocycles. The minimum Gasteiger partial charge on any atom is -0.508 e. The maximum absolute atomic E-state index is 14.4. The predicted octanol–water partition coefficient (Wildman–Crippen LogP) is 6.12. The summed E-state index contributed by atoms with van der Waals surface area (Å²) in [5.41, 5.74) is 2.85. The highest BCUT2D eigenvalue weighted by atomic mass is 16.6. The Labute approximate surface area is 245 Å². The summed E-state index contributed by atoms with van der Waals surface area (Å²) in [7, 11) is 0. The van der Waals surface area contributed by atoms with Crippen molar-refractivity contribution in [2.45, 2.75) is 105 Å². The van der Waals surface area contributed by atoms with E-state index in [1.165, 1.54) is 0 Å². The molecule has 8 nitrogen and oxygen atoms in total. The van der Waals surface area contributed by atoms with Crippen LogP contribution in [0, 0.1) is 13.8 Å². The van der Waals surface area contributed by atoms with E-state index >= 15 is 0 Å². The van der Waals surface area contributed by atoms with Crippen molar-refractivity contribution in [3.63, 3.8) is 0 Å². The number of unbranched alkanes of at least 4 members (excludes halogenated alkanes) is 3. The first-order valence-corrected chi connectivity index (χ1v) is 14.8. The largest absolute Gasteiger partial charge is 0.508 e. The van der Waals surface area contributed by atoms with Gasteiger partial charge in [-0.15, -0.1) is 0 Å². The number of carbonyl (C=O) groups excluding carboxylic acids is 3. The van der Waals surface area contributed by atoms with Gasteiger partial charge in [0.25, 0.3) is 0 Å². The van der Waals surface area contributed by atoms with E-state index in [0.717, 1.165) is 47.9 Å². The molecule has 8 heteroatoms. The molecular weight excluding hydrogens is 518 g/mol. The molecule has 0 fully saturated rings. The number of nitrogens with one attached hydrogen (secondary N) is 2. The highest BCUT2D eigenvalue weighted by molar-refractivity contribution is 5.92. The summed E-state index contributed by atoms with van der Waals surface area (Å²) in [4.78, 5) is 42.7. The van der Waals surface area contributed by atoms with Crippen LogP contribution in [0.15, 0.2) is 42.5 Å². The Kier molecular flexibility index (Phi) is 13.2. The van der Waals surface area contributed by atoms with E-state index in [2.05, 4.69) is 17.6 Å². The number of phenols is 1. The Morgan fingerprint density at radius 1 is 0.927 bits per heavy atom. The van der Waals surface area contributed by atoms with E-state index in [1.807, 2.05) is 39.0 Å². The van der Waals surface area contributed by atoms with Gasteiger partial charge in [-0.05, 0) is 81.8 Å². The van der Waals surface area contributed by atoms with Crippen LogP contribution in [0.1, 0.15) is 95.0 Å². The molecule has 41 heavy (non-hydrogen) atoms. The lowest BCUT2D eigenvalue weighted by Crippen LogP contribution is -2.54. The fraction of sp³-hybridized carbons (Fsp3) is 0.545. The smallest absolute Gasteiger partial charge is 0.408 e. The lowest BCUT2D eigenvalue weighted by Gasteiger charge is -2.35. The van der Waals surface area contributed by atoms with Gasteiger partial charge >= 0.3 is 6.09 Å². The van der Waals surface area contributed by atoms with Crippen LogP contribution in [0.3, 0.4) is 0 Å². The summed E-state index contributed by atoms with van der Waals surface area (Å²) in [6, 6.07) is 10.5. The Bertz CT molecular complexity index is 1140. The molecule has 0 spiro atoms. The third-order valence-corrected chi connectivity index (χ3v) is 6.89. The molecular formula is C33H49N3O5. The molecule has 2 aromatic rings. The first-order chi connectivity index (χ1) is 19.4. The van der Waals surface area contributed by atoms with Gasteiger partial charge in [0.05, 0.1) is 0 Å². The van der Waals surface area contributed by atoms with Gasteiger partial charge < -0.3 is 25.4 Å². The summed E-state index contributed by atoms with van der Waals surface area (Å²) >= 11 is 0. The fourth-order valence-electron chi connectivity index (χ4n) is 4.50. The van der Waals surface area contributed by atoms with Gasteiger partial charge in [-0.1, -0.05) is 63.4 Å². The number of aryl methyl sites for hydroxylation is 2. The van der Waals surface area contributed by atoms with Crippen LogP contribution in [-0.2, 0) is 20.7 Å². The van der Waals surface area contributed by atoms with E-state index in [9.17, 15) is 19.5 Å². The minimum absolute atomic E-state index is 0.107. The maximum Gasteiger partial charge on any atom is 0.408 e. The molecule has 0 aliphatic carbocycles. The number of carbonyl (C=O) groups is 3. The number of aromatic hydroxyl groups is 1. The molecule has 2 aromatic carbocycles. The third kappa shape index (κ3) is 11.1. The van der Waals surface area contributed by atoms with E-state index in [4.69, 9.17) is 4.74 Å². The summed E-state index contributed by atoms with van der Waals surface area (Å²) in [5.74, 6) is -0.505. The Morgan fingerprint density at radius 3 is 2.17 bits per heavy atom. The lowest BCUT2D eigenvalue weighted by atomic mass is 9.97. The van der Waals surface area contributed by atoms with Gasteiger partial charge in [-0.3, -0.25) is 9.59 Å². The van der Waals surface area contributed by atoms with Crippen molar-refractivity contribution in [3.8, 4) is 5.75 Å². The maximum atomic E-state index is 14.4. The van der Waals surface area contributed by atoms with Crippen LogP contribution in [0.5, 0.6) is 5.75 Å². The van der Waals surface area contributed by atoms with Crippen LogP contribution in [-0.4, -0.2) is 52.6 Å². The molecule has 0 aromatic heterocycles. The van der Waals surface area contributed by atoms with Crippen LogP contribution >= 0.6 is 0 Å². The first kappa shape index (κ1) is 33.7. The molecule has 0 bridgehead atoms. The monoisotopic (exact) mass is 567 g/mol. The number of rotatable bonds is 14. The number of amides is 3. The quantitative estimate of drug-likeness (QED) is 0.238. The Balaban J connectivity index is 2.54. The van der Waals surface area contributed by atoms with Crippen molar-refractivity contribution in [2.75, 3.05) is 13.1 Å². The molecule has 0 saturated heterocycles. The average molecular weight is 568 g/mol. The van der Waals surface area contributed by atoms with Crippen LogP contribution in [0.4, 0.5) is 4.79 Å². The van der Waals surface area contributed by atoms with Crippen molar-refractivity contribution in [1.82, 2.24) is 15.5 Å². The molecule has 0 heterocycles. The molecule has 0 aliphatic rings. The average Bonchev–Trinajstić information content (AvgIpc) is 2.90. The van der Waals surface area contributed by atoms with E-state index in [-0.39, 0.29) is 24.0 Å². The van der Waals surface area contributed by atoms with Crippen molar-refractivity contribution >= 4 is 17.9 Å². The first-order valence-electron chi connectivity index (χ1n) is 14.8. The zero-order valence-corrected chi connectivity index (χ0v) is 25.9. The van der Waals surface area contributed by atoms with Crippen molar-refractivity contribution in [2.24, 2.45) is 0 Å². The highest BCUT2D eigenvalue weighted by Crippen LogP contribution is 2.26. The summed E-state index contributed by atoms with van der Waals surface area (Å²) in [6.45, 7) is 14.3. The van der Waals surface area contributed by atoms with Gasteiger partial charge in [0, 0.05) is 19.5 Å². The van der Waals surface area contributed by atoms with Gasteiger partial charge in [0.1, 0.15) is 23.4 Å². The number of alkyl carbamates (subject to hydrolysis) is 1. The Hall–Kier alpha value is -3.55. The van der Waals surface area contributed by atoms with Gasteiger partial charge in [0.15, 0.2) is 0 Å². The number of hydrogen-bond acceptors (Lipinski definition) is 5. The molecule has 0 saturated carbocycles. The molecule has 2 unspecified atom stereocenters. The number of phenolic OH excluding ortho intramolecular Hbond substituents is 1. The van der Waals surface area contributed by atoms with Gasteiger partial charge in [-0.2, -0.15) is 0 Å². The van der Waals surface area contributed by atoms with Crippen LogP contribution < -0.4 is 10.6 Å². The molecule has 3 amide bonds. The van der Waals surface area contributed by atoms with Gasteiger partial charge in [-0.25, -0.2) is 4.79 Å². The van der Waals surface area contributed by atoms with E-state index in [1.54, 1.807) is 49.9 Å². The van der Waals surface area contributed by atoms with Crippen molar-refractivity contribution in [1.29, 1.82) is 0 Å². The van der Waals surface area contributed by atoms with Crippen molar-refractivity contribution < 1.29 is 24.2 Å². The normalized spacial score (nSPS) is 12.8. The second-order valence-corrected chi connectivity index (χ2v) is 11.7. The highest BCUT2D eigenvalue weighted by Gasteiger charge is 2.36. The lowest BCUT2D eigenvalue weighted by molar-refractivity contribution is -0.142. The zero-order chi connectivity index (χ0) is 30.6. The van der Waals surface area contributed by atoms with Crippen LogP contribution in [0.2, 0.25) is 0 Å². The van der Waals surface area contributed by atoms with E-state index < -0.39 is 23.8 Å². The molecule has 226 valence electrons. The number of nitrogens with zero attached hydrogens (tertiary/aromatic N) is 1. The molecule has 3 N–H and O–H groups in total. The SMILES string of the molecule is CCCCCNC(=O)C(c1ccc(C)c(C)c1)N(CCCC)C(=O)C(Cc1ccc(O)cc1)NC(=O)OC(C)(C)C. The predicted molar refractivity (Wildman–Crippen MR) is 163 cm³/mol. The zero-order valence-electron chi connectivity index (χ0n) is 25.9. The molecule has 2 rings (SSSR count). The topological polar surface area (TPSA) is 108 Å². The third-order valence-electron chi connectivity index (χ3n) is 6.89. The minimum atomic E-state index is -0.992. The van der Waals surface area contributed by atoms with E-state index in [0.29, 0.717) is 19.5 Å². The Morgan fingerprint density at radius 2 is 1.59 bits per heavy atom.